The number of carbonyl (C=O) groups excluding carboxylic acids is 2. The van der Waals surface area contributed by atoms with Crippen molar-refractivity contribution in [1.82, 2.24) is 4.98 Å². The first kappa shape index (κ1) is 18.3. The number of hydrogen-bond acceptors (Lipinski definition) is 3. The van der Waals surface area contributed by atoms with Crippen molar-refractivity contribution in [2.24, 2.45) is 0 Å². The number of nitrogens with one attached hydrogen (secondary N) is 2. The van der Waals surface area contributed by atoms with Gasteiger partial charge in [0.2, 0.25) is 0 Å². The molecule has 2 N–H and O–H groups in total. The smallest absolute Gasteiger partial charge is 0.256 e. The molecule has 3 rings (SSSR count). The molecule has 1 aromatic heterocycles. The van der Waals surface area contributed by atoms with E-state index in [-0.39, 0.29) is 11.8 Å². The SMILES string of the molecule is Cc1ccc(C)c(C(=O)Nc2ccc(C)c(C(=O)Nc3cccnc3)c2)c1. The maximum Gasteiger partial charge on any atom is 0.256 e. The Morgan fingerprint density at radius 2 is 1.41 bits per heavy atom. The summed E-state index contributed by atoms with van der Waals surface area (Å²) in [6.45, 7) is 5.70. The second-order valence-electron chi connectivity index (χ2n) is 6.50. The first-order chi connectivity index (χ1) is 12.9. The fourth-order valence-electron chi connectivity index (χ4n) is 2.76. The molecule has 0 unspecified atom stereocenters. The molecular formula is C22H21N3O2. The largest absolute Gasteiger partial charge is 0.322 e. The van der Waals surface area contributed by atoms with Crippen LogP contribution < -0.4 is 10.6 Å². The number of nitrogens with zero attached hydrogens (tertiary/aromatic N) is 1. The lowest BCUT2D eigenvalue weighted by Crippen LogP contribution is -2.16. The molecule has 3 aromatic rings. The molecule has 0 atom stereocenters. The van der Waals surface area contributed by atoms with Gasteiger partial charge in [0.05, 0.1) is 11.9 Å². The average Bonchev–Trinajstić information content (AvgIpc) is 2.66. The van der Waals surface area contributed by atoms with Gasteiger partial charge in [0.25, 0.3) is 11.8 Å². The van der Waals surface area contributed by atoms with E-state index in [1.54, 1.807) is 36.7 Å². The highest BCUT2D eigenvalue weighted by molar-refractivity contribution is 6.08. The molecule has 27 heavy (non-hydrogen) atoms. The van der Waals surface area contributed by atoms with Crippen molar-refractivity contribution in [1.29, 1.82) is 0 Å². The van der Waals surface area contributed by atoms with Crippen molar-refractivity contribution in [3.63, 3.8) is 0 Å². The second-order valence-corrected chi connectivity index (χ2v) is 6.50. The third kappa shape index (κ3) is 4.39. The zero-order chi connectivity index (χ0) is 19.4. The molecule has 0 fully saturated rings. The van der Waals surface area contributed by atoms with Crippen LogP contribution in [0.3, 0.4) is 0 Å². The van der Waals surface area contributed by atoms with Gasteiger partial charge in [0, 0.05) is 23.0 Å². The molecule has 0 aliphatic heterocycles. The zero-order valence-electron chi connectivity index (χ0n) is 15.5. The van der Waals surface area contributed by atoms with Crippen molar-refractivity contribution >= 4 is 23.2 Å². The van der Waals surface area contributed by atoms with Crippen LogP contribution in [-0.2, 0) is 0 Å². The Morgan fingerprint density at radius 3 is 2.07 bits per heavy atom. The van der Waals surface area contributed by atoms with Crippen LogP contribution in [0.25, 0.3) is 0 Å². The predicted molar refractivity (Wildman–Crippen MR) is 107 cm³/mol. The summed E-state index contributed by atoms with van der Waals surface area (Å²) in [6.07, 6.45) is 3.23. The van der Waals surface area contributed by atoms with E-state index in [0.717, 1.165) is 16.7 Å². The molecule has 0 aliphatic carbocycles. The van der Waals surface area contributed by atoms with Crippen LogP contribution in [0.2, 0.25) is 0 Å². The Kier molecular flexibility index (Phi) is 5.31. The van der Waals surface area contributed by atoms with E-state index in [0.29, 0.717) is 22.5 Å². The van der Waals surface area contributed by atoms with Crippen molar-refractivity contribution in [2.75, 3.05) is 10.6 Å². The van der Waals surface area contributed by atoms with Crippen molar-refractivity contribution in [3.05, 3.63) is 88.7 Å². The molecule has 1 heterocycles. The molecule has 5 nitrogen and oxygen atoms in total. The summed E-state index contributed by atoms with van der Waals surface area (Å²) in [5.74, 6) is -0.443. The number of rotatable bonds is 4. The summed E-state index contributed by atoms with van der Waals surface area (Å²) in [5.41, 5.74) is 5.05. The Morgan fingerprint density at radius 1 is 0.778 bits per heavy atom. The number of benzene rings is 2. The highest BCUT2D eigenvalue weighted by Crippen LogP contribution is 2.19. The first-order valence-electron chi connectivity index (χ1n) is 8.64. The molecule has 5 heteroatoms. The monoisotopic (exact) mass is 359 g/mol. The van der Waals surface area contributed by atoms with Crippen molar-refractivity contribution < 1.29 is 9.59 Å². The van der Waals surface area contributed by atoms with Gasteiger partial charge in [-0.25, -0.2) is 0 Å². The fourth-order valence-corrected chi connectivity index (χ4v) is 2.76. The van der Waals surface area contributed by atoms with Crippen LogP contribution in [0.4, 0.5) is 11.4 Å². The normalized spacial score (nSPS) is 10.3. The molecule has 136 valence electrons. The van der Waals surface area contributed by atoms with Crippen LogP contribution in [0.1, 0.15) is 37.4 Å². The molecule has 0 bridgehead atoms. The topological polar surface area (TPSA) is 71.1 Å². The van der Waals surface area contributed by atoms with Crippen LogP contribution >= 0.6 is 0 Å². The number of amides is 2. The van der Waals surface area contributed by atoms with Gasteiger partial charge in [-0.2, -0.15) is 0 Å². The zero-order valence-corrected chi connectivity index (χ0v) is 15.5. The van der Waals surface area contributed by atoms with Crippen LogP contribution in [-0.4, -0.2) is 16.8 Å². The Bertz CT molecular complexity index is 998. The van der Waals surface area contributed by atoms with E-state index < -0.39 is 0 Å². The summed E-state index contributed by atoms with van der Waals surface area (Å²) < 4.78 is 0. The minimum atomic E-state index is -0.247. The molecular weight excluding hydrogens is 338 g/mol. The maximum absolute atomic E-state index is 12.6. The predicted octanol–water partition coefficient (Wildman–Crippen LogP) is 4.51. The Labute approximate surface area is 158 Å². The molecule has 0 saturated carbocycles. The second kappa shape index (κ2) is 7.83. The minimum Gasteiger partial charge on any atom is -0.322 e. The standard InChI is InChI=1S/C22H21N3O2/c1-14-6-7-15(2)19(11-14)21(26)24-17-9-8-16(3)20(12-17)22(27)25-18-5-4-10-23-13-18/h4-13H,1-3H3,(H,24,26)(H,25,27). The van der Waals surface area contributed by atoms with Gasteiger partial charge in [-0.15, -0.1) is 0 Å². The molecule has 2 aromatic carbocycles. The molecule has 0 aliphatic rings. The number of carbonyl (C=O) groups is 2. The van der Waals surface area contributed by atoms with Crippen molar-refractivity contribution in [2.45, 2.75) is 20.8 Å². The summed E-state index contributed by atoms with van der Waals surface area (Å²) in [6, 6.07) is 14.6. The first-order valence-corrected chi connectivity index (χ1v) is 8.64. The summed E-state index contributed by atoms with van der Waals surface area (Å²) in [7, 11) is 0. The van der Waals surface area contributed by atoms with Gasteiger partial charge >= 0.3 is 0 Å². The number of anilines is 2. The van der Waals surface area contributed by atoms with Gasteiger partial charge in [-0.05, 0) is 62.2 Å². The lowest BCUT2D eigenvalue weighted by atomic mass is 10.0. The number of aryl methyl sites for hydroxylation is 3. The highest BCUT2D eigenvalue weighted by Gasteiger charge is 2.13. The summed E-state index contributed by atoms with van der Waals surface area (Å²) in [4.78, 5) is 29.2. The highest BCUT2D eigenvalue weighted by atomic mass is 16.2. The summed E-state index contributed by atoms with van der Waals surface area (Å²) >= 11 is 0. The van der Waals surface area contributed by atoms with Crippen LogP contribution in [0, 0.1) is 20.8 Å². The minimum absolute atomic E-state index is 0.196. The average molecular weight is 359 g/mol. The molecule has 0 spiro atoms. The van der Waals surface area contributed by atoms with E-state index >= 15 is 0 Å². The van der Waals surface area contributed by atoms with Gasteiger partial charge in [-0.1, -0.05) is 23.8 Å². The number of hydrogen-bond donors (Lipinski definition) is 2. The Hall–Kier alpha value is -3.47. The summed E-state index contributed by atoms with van der Waals surface area (Å²) in [5, 5.41) is 5.70. The Balaban J connectivity index is 1.81. The van der Waals surface area contributed by atoms with Gasteiger partial charge in [-0.3, -0.25) is 14.6 Å². The fraction of sp³-hybridized carbons (Fsp3) is 0.136. The van der Waals surface area contributed by atoms with E-state index in [2.05, 4.69) is 15.6 Å². The molecule has 0 radical (unpaired) electrons. The maximum atomic E-state index is 12.6. The van der Waals surface area contributed by atoms with E-state index in [9.17, 15) is 9.59 Å². The third-order valence-electron chi connectivity index (χ3n) is 4.30. The van der Waals surface area contributed by atoms with Crippen molar-refractivity contribution in [3.8, 4) is 0 Å². The third-order valence-corrected chi connectivity index (χ3v) is 4.30. The van der Waals surface area contributed by atoms with E-state index in [1.807, 2.05) is 45.0 Å². The molecule has 2 amide bonds. The number of pyridine rings is 1. The lowest BCUT2D eigenvalue weighted by Gasteiger charge is -2.12. The van der Waals surface area contributed by atoms with E-state index in [4.69, 9.17) is 0 Å². The lowest BCUT2D eigenvalue weighted by molar-refractivity contribution is 0.101. The van der Waals surface area contributed by atoms with Crippen LogP contribution in [0.5, 0.6) is 0 Å². The number of aromatic nitrogens is 1. The molecule has 0 saturated heterocycles. The quantitative estimate of drug-likeness (QED) is 0.720. The van der Waals surface area contributed by atoms with Crippen LogP contribution in [0.15, 0.2) is 60.9 Å². The van der Waals surface area contributed by atoms with Gasteiger partial charge in [0.15, 0.2) is 0 Å². The van der Waals surface area contributed by atoms with E-state index in [1.165, 1.54) is 0 Å². The van der Waals surface area contributed by atoms with Gasteiger partial charge in [0.1, 0.15) is 0 Å². The van der Waals surface area contributed by atoms with Gasteiger partial charge < -0.3 is 10.6 Å².